The van der Waals surface area contributed by atoms with E-state index in [-0.39, 0.29) is 24.0 Å². The van der Waals surface area contributed by atoms with Crippen LogP contribution < -0.4 is 5.32 Å². The van der Waals surface area contributed by atoms with Gasteiger partial charge in [-0.25, -0.2) is 22.5 Å². The molecule has 2 aromatic carbocycles. The number of carbonyl (C=O) groups excluding carboxylic acids is 2. The first-order valence-corrected chi connectivity index (χ1v) is 11.9. The standard InChI is InChI=1S/C22H25FN4O4S/c23-18-7-9-19(10-8-18)32(30,31)26-12-4-11-25(13-14-26)16-27-21(28)20(24-22(27)29)15-17-5-2-1-3-6-17/h1-3,5-10,20H,4,11-16H2,(H,24,29)/t20-/m0/s1. The maximum Gasteiger partial charge on any atom is 0.325 e. The zero-order valence-corrected chi connectivity index (χ0v) is 18.3. The van der Waals surface area contributed by atoms with Crippen molar-refractivity contribution in [1.82, 2.24) is 19.4 Å². The number of urea groups is 1. The second kappa shape index (κ2) is 9.35. The predicted octanol–water partition coefficient (Wildman–Crippen LogP) is 1.64. The summed E-state index contributed by atoms with van der Waals surface area (Å²) < 4.78 is 40.3. The number of nitrogens with zero attached hydrogens (tertiary/aromatic N) is 3. The minimum absolute atomic E-state index is 0.0465. The Balaban J connectivity index is 1.37. The summed E-state index contributed by atoms with van der Waals surface area (Å²) in [5, 5.41) is 2.74. The van der Waals surface area contributed by atoms with E-state index in [1.165, 1.54) is 21.3 Å². The number of halogens is 1. The van der Waals surface area contributed by atoms with Crippen LogP contribution in [0.3, 0.4) is 0 Å². The Bertz CT molecular complexity index is 1080. The first-order chi connectivity index (χ1) is 15.3. The van der Waals surface area contributed by atoms with Gasteiger partial charge in [-0.3, -0.25) is 9.69 Å². The van der Waals surface area contributed by atoms with Gasteiger partial charge in [-0.15, -0.1) is 0 Å². The van der Waals surface area contributed by atoms with Gasteiger partial charge in [-0.1, -0.05) is 30.3 Å². The molecule has 0 aliphatic carbocycles. The van der Waals surface area contributed by atoms with E-state index >= 15 is 0 Å². The average molecular weight is 461 g/mol. The minimum atomic E-state index is -3.74. The number of benzene rings is 2. The van der Waals surface area contributed by atoms with E-state index in [9.17, 15) is 22.4 Å². The Kier molecular flexibility index (Phi) is 6.54. The second-order valence-corrected chi connectivity index (χ2v) is 9.87. The van der Waals surface area contributed by atoms with E-state index in [4.69, 9.17) is 0 Å². The number of amides is 3. The van der Waals surface area contributed by atoms with E-state index in [1.807, 2.05) is 35.2 Å². The number of hydrogen-bond donors (Lipinski definition) is 1. The van der Waals surface area contributed by atoms with Crippen LogP contribution in [0.5, 0.6) is 0 Å². The largest absolute Gasteiger partial charge is 0.325 e. The molecule has 4 rings (SSSR count). The average Bonchev–Trinajstić information content (AvgIpc) is 2.94. The molecule has 3 amide bonds. The lowest BCUT2D eigenvalue weighted by Crippen LogP contribution is -2.43. The summed E-state index contributed by atoms with van der Waals surface area (Å²) in [6.45, 7) is 1.57. The molecule has 2 aromatic rings. The smallest absolute Gasteiger partial charge is 0.325 e. The Hall–Kier alpha value is -2.82. The zero-order valence-electron chi connectivity index (χ0n) is 17.5. The normalized spacial score (nSPS) is 20.9. The third kappa shape index (κ3) is 4.82. The fourth-order valence-corrected chi connectivity index (χ4v) is 5.45. The van der Waals surface area contributed by atoms with Gasteiger partial charge in [-0.2, -0.15) is 4.31 Å². The summed E-state index contributed by atoms with van der Waals surface area (Å²) in [5.41, 5.74) is 0.962. The number of carbonyl (C=O) groups is 2. The molecule has 2 saturated heterocycles. The van der Waals surface area contributed by atoms with Crippen molar-refractivity contribution < 1.29 is 22.4 Å². The Labute approximate surface area is 186 Å². The van der Waals surface area contributed by atoms with E-state index in [2.05, 4.69) is 5.32 Å². The highest BCUT2D eigenvalue weighted by atomic mass is 32.2. The number of rotatable bonds is 6. The lowest BCUT2D eigenvalue weighted by Gasteiger charge is -2.25. The van der Waals surface area contributed by atoms with E-state index in [1.54, 1.807) is 0 Å². The number of imide groups is 1. The SMILES string of the molecule is O=C1N[C@@H](Cc2ccccc2)C(=O)N1CN1CCCN(S(=O)(=O)c2ccc(F)cc2)CC1. The molecule has 1 N–H and O–H groups in total. The molecule has 0 aromatic heterocycles. The lowest BCUT2D eigenvalue weighted by molar-refractivity contribution is -0.128. The van der Waals surface area contributed by atoms with E-state index in [0.717, 1.165) is 17.7 Å². The molecule has 10 heteroatoms. The topological polar surface area (TPSA) is 90.0 Å². The maximum absolute atomic E-state index is 13.2. The van der Waals surface area contributed by atoms with Crippen LogP contribution in [-0.2, 0) is 21.2 Å². The Morgan fingerprint density at radius 2 is 1.66 bits per heavy atom. The molecule has 2 heterocycles. The van der Waals surface area contributed by atoms with Crippen molar-refractivity contribution in [2.45, 2.75) is 23.8 Å². The van der Waals surface area contributed by atoms with Crippen molar-refractivity contribution >= 4 is 22.0 Å². The van der Waals surface area contributed by atoms with Gasteiger partial charge < -0.3 is 5.32 Å². The van der Waals surface area contributed by atoms with E-state index < -0.39 is 27.9 Å². The fourth-order valence-electron chi connectivity index (χ4n) is 3.98. The summed E-state index contributed by atoms with van der Waals surface area (Å²) in [5.74, 6) is -0.774. The maximum atomic E-state index is 13.2. The van der Waals surface area contributed by atoms with Crippen molar-refractivity contribution in [1.29, 1.82) is 0 Å². The van der Waals surface area contributed by atoms with Crippen molar-refractivity contribution in [2.24, 2.45) is 0 Å². The monoisotopic (exact) mass is 460 g/mol. The van der Waals surface area contributed by atoms with Crippen molar-refractivity contribution in [2.75, 3.05) is 32.8 Å². The predicted molar refractivity (Wildman–Crippen MR) is 116 cm³/mol. The molecule has 2 aliphatic rings. The summed E-state index contributed by atoms with van der Waals surface area (Å²) in [7, 11) is -3.74. The molecule has 2 aliphatic heterocycles. The Morgan fingerprint density at radius 1 is 0.938 bits per heavy atom. The molecule has 170 valence electrons. The van der Waals surface area contributed by atoms with Crippen molar-refractivity contribution in [3.63, 3.8) is 0 Å². The van der Waals surface area contributed by atoms with Gasteiger partial charge in [0, 0.05) is 32.6 Å². The first-order valence-electron chi connectivity index (χ1n) is 10.5. The van der Waals surface area contributed by atoms with Gasteiger partial charge in [0.1, 0.15) is 11.9 Å². The van der Waals surface area contributed by atoms with Gasteiger partial charge in [0.05, 0.1) is 11.6 Å². The molecular weight excluding hydrogens is 435 g/mol. The molecule has 0 spiro atoms. The Morgan fingerprint density at radius 3 is 2.38 bits per heavy atom. The molecule has 0 bridgehead atoms. The van der Waals surface area contributed by atoms with Crippen molar-refractivity contribution in [3.05, 3.63) is 66.0 Å². The van der Waals surface area contributed by atoms with E-state index in [0.29, 0.717) is 32.5 Å². The number of nitrogens with one attached hydrogen (secondary N) is 1. The van der Waals surface area contributed by atoms with Gasteiger partial charge in [0.2, 0.25) is 10.0 Å². The fraction of sp³-hybridized carbons (Fsp3) is 0.364. The first kappa shape index (κ1) is 22.4. The molecule has 0 saturated carbocycles. The summed E-state index contributed by atoms with van der Waals surface area (Å²) in [4.78, 5) is 28.4. The zero-order chi connectivity index (χ0) is 22.7. The van der Waals surface area contributed by atoms with Gasteiger partial charge in [0.25, 0.3) is 5.91 Å². The van der Waals surface area contributed by atoms with Gasteiger partial charge >= 0.3 is 6.03 Å². The number of sulfonamides is 1. The molecule has 32 heavy (non-hydrogen) atoms. The highest BCUT2D eigenvalue weighted by Gasteiger charge is 2.39. The molecular formula is C22H25FN4O4S. The molecule has 0 unspecified atom stereocenters. The lowest BCUT2D eigenvalue weighted by atomic mass is 10.1. The second-order valence-electron chi connectivity index (χ2n) is 7.93. The third-order valence-corrected chi connectivity index (χ3v) is 7.64. The van der Waals surface area contributed by atoms with Crippen LogP contribution >= 0.6 is 0 Å². The van der Waals surface area contributed by atoms with Crippen LogP contribution in [0, 0.1) is 5.82 Å². The molecule has 8 nitrogen and oxygen atoms in total. The number of hydrogen-bond acceptors (Lipinski definition) is 5. The van der Waals surface area contributed by atoms with Crippen LogP contribution in [0.25, 0.3) is 0 Å². The van der Waals surface area contributed by atoms with Crippen LogP contribution in [0.4, 0.5) is 9.18 Å². The summed E-state index contributed by atoms with van der Waals surface area (Å²) in [6, 6.07) is 13.2. The minimum Gasteiger partial charge on any atom is -0.325 e. The van der Waals surface area contributed by atoms with Crippen LogP contribution in [0.2, 0.25) is 0 Å². The van der Waals surface area contributed by atoms with Crippen molar-refractivity contribution in [3.8, 4) is 0 Å². The third-order valence-electron chi connectivity index (χ3n) is 5.73. The molecule has 2 fully saturated rings. The van der Waals surface area contributed by atoms with Crippen LogP contribution in [0.15, 0.2) is 59.5 Å². The van der Waals surface area contributed by atoms with Crippen LogP contribution in [-0.4, -0.2) is 73.4 Å². The van der Waals surface area contributed by atoms with Crippen LogP contribution in [0.1, 0.15) is 12.0 Å². The van der Waals surface area contributed by atoms with Gasteiger partial charge in [0.15, 0.2) is 0 Å². The summed E-state index contributed by atoms with van der Waals surface area (Å²) >= 11 is 0. The summed E-state index contributed by atoms with van der Waals surface area (Å²) in [6.07, 6.45) is 0.975. The highest BCUT2D eigenvalue weighted by molar-refractivity contribution is 7.89. The quantitative estimate of drug-likeness (QED) is 0.662. The molecule has 1 atom stereocenters. The molecule has 0 radical (unpaired) electrons. The highest BCUT2D eigenvalue weighted by Crippen LogP contribution is 2.19. The van der Waals surface area contributed by atoms with Gasteiger partial charge in [-0.05, 0) is 36.2 Å².